The second-order valence-electron chi connectivity index (χ2n) is 12.2. The van der Waals surface area contributed by atoms with Gasteiger partial charge in [-0.25, -0.2) is 0 Å². The topological polar surface area (TPSA) is 32.3 Å². The van der Waals surface area contributed by atoms with Crippen LogP contribution in [-0.4, -0.2) is 12.2 Å². The molecule has 1 saturated carbocycles. The summed E-state index contributed by atoms with van der Waals surface area (Å²) in [6.45, 7) is 43.3. The van der Waals surface area contributed by atoms with Gasteiger partial charge in [0, 0.05) is 7.05 Å². The van der Waals surface area contributed by atoms with Crippen LogP contribution in [0.4, 0.5) is 5.69 Å². The van der Waals surface area contributed by atoms with E-state index in [9.17, 15) is 5.11 Å². The molecule has 1 aromatic carbocycles. The summed E-state index contributed by atoms with van der Waals surface area (Å²) in [5.41, 5.74) is 7.53. The minimum atomic E-state index is 0.312. The zero-order chi connectivity index (χ0) is 37.5. The van der Waals surface area contributed by atoms with Crippen LogP contribution in [0.3, 0.4) is 0 Å². The second kappa shape index (κ2) is 45.2. The molecule has 2 rings (SSSR count). The molecule has 0 aromatic heterocycles. The Hall–Kier alpha value is -1.96. The molecule has 276 valence electrons. The van der Waals surface area contributed by atoms with Gasteiger partial charge in [0.2, 0.25) is 0 Å². The van der Waals surface area contributed by atoms with Crippen molar-refractivity contribution in [3.05, 3.63) is 59.2 Å². The molecule has 1 atom stereocenters. The predicted octanol–water partition coefficient (Wildman–Crippen LogP) is 16.2. The normalized spacial score (nSPS) is 11.3. The molecule has 0 aliphatic heterocycles. The highest BCUT2D eigenvalue weighted by Crippen LogP contribution is 2.28. The van der Waals surface area contributed by atoms with E-state index in [0.29, 0.717) is 11.7 Å². The Morgan fingerprint density at radius 3 is 1.59 bits per heavy atom. The van der Waals surface area contributed by atoms with Gasteiger partial charge in [0.05, 0.1) is 5.69 Å². The molecule has 2 nitrogen and oxygen atoms in total. The van der Waals surface area contributed by atoms with E-state index in [4.69, 9.17) is 0 Å². The molecule has 1 aliphatic rings. The molecule has 0 saturated heterocycles. The van der Waals surface area contributed by atoms with Crippen LogP contribution in [-0.2, 0) is 6.42 Å². The first-order chi connectivity index (χ1) is 21.8. The standard InChI is InChI=1S/C21H33NO.C6H12.C4H8.C4H10.C3H8.3C2H6/c1-15(2)8-7-9-17(5)19(16(3)4)12-10-18-11-13-21(23)20(14-18)22-6;1-6-4-2-3-5-6;1-4(2)3;1-3-4-2;1-3-2;3*1-2/h11,13-14,17,22-23H,1,7-10,12H2,2-6H3;6H,2-5H2,1H3;1H2,2-3H3;3-4H2,1-2H3;3H2,1-2H3;3*1-2H3. The largest absolute Gasteiger partial charge is 0.506 e. The number of benzene rings is 1. The molecule has 0 radical (unpaired) electrons. The van der Waals surface area contributed by atoms with Crippen LogP contribution in [0, 0.1) is 11.8 Å². The third kappa shape index (κ3) is 44.2. The summed E-state index contributed by atoms with van der Waals surface area (Å²) in [5, 5.41) is 12.8. The number of hydrogen-bond donors (Lipinski definition) is 2. The lowest BCUT2D eigenvalue weighted by Gasteiger charge is -2.19. The fraction of sp³-hybridized carbons (Fsp3) is 0.727. The number of hydrogen-bond acceptors (Lipinski definition) is 2. The fourth-order valence-corrected chi connectivity index (χ4v) is 4.22. The van der Waals surface area contributed by atoms with Crippen LogP contribution in [0.15, 0.2) is 53.6 Å². The highest BCUT2D eigenvalue weighted by atomic mass is 16.3. The van der Waals surface area contributed by atoms with Crippen molar-refractivity contribution < 1.29 is 5.11 Å². The lowest BCUT2D eigenvalue weighted by Crippen LogP contribution is -2.04. The second-order valence-corrected chi connectivity index (χ2v) is 12.2. The molecule has 46 heavy (non-hydrogen) atoms. The summed E-state index contributed by atoms with van der Waals surface area (Å²) in [5.74, 6) is 1.98. The third-order valence-electron chi connectivity index (χ3n) is 6.63. The van der Waals surface area contributed by atoms with Crippen LogP contribution >= 0.6 is 0 Å². The number of nitrogens with one attached hydrogen (secondary N) is 1. The summed E-state index contributed by atoms with van der Waals surface area (Å²) < 4.78 is 0. The quantitative estimate of drug-likeness (QED) is 0.196. The first-order valence-electron chi connectivity index (χ1n) is 19.2. The summed E-state index contributed by atoms with van der Waals surface area (Å²) >= 11 is 0. The molecule has 0 spiro atoms. The third-order valence-corrected chi connectivity index (χ3v) is 6.63. The van der Waals surface area contributed by atoms with Crippen molar-refractivity contribution in [2.45, 2.75) is 195 Å². The minimum absolute atomic E-state index is 0.312. The van der Waals surface area contributed by atoms with Gasteiger partial charge in [0.1, 0.15) is 5.75 Å². The van der Waals surface area contributed by atoms with Gasteiger partial charge in [-0.3, -0.25) is 0 Å². The Morgan fingerprint density at radius 2 is 1.28 bits per heavy atom. The number of phenols is 1. The molecule has 1 aliphatic carbocycles. The highest BCUT2D eigenvalue weighted by Gasteiger charge is 2.11. The predicted molar refractivity (Wildman–Crippen MR) is 221 cm³/mol. The number of aryl methyl sites for hydroxylation is 1. The van der Waals surface area contributed by atoms with Gasteiger partial charge in [-0.2, -0.15) is 0 Å². The summed E-state index contributed by atoms with van der Waals surface area (Å²) in [6.07, 6.45) is 15.5. The minimum Gasteiger partial charge on any atom is -0.506 e. The van der Waals surface area contributed by atoms with Crippen LogP contribution in [0.1, 0.15) is 194 Å². The molecule has 1 unspecified atom stereocenters. The molecule has 2 N–H and O–H groups in total. The van der Waals surface area contributed by atoms with Crippen molar-refractivity contribution in [1.82, 2.24) is 0 Å². The Bertz CT molecular complexity index is 773. The Morgan fingerprint density at radius 1 is 0.848 bits per heavy atom. The molecular formula is C44H89NO. The molecule has 0 amide bonds. The van der Waals surface area contributed by atoms with Gasteiger partial charge in [-0.1, -0.05) is 156 Å². The Labute approximate surface area is 294 Å². The lowest BCUT2D eigenvalue weighted by molar-refractivity contribution is 0.477. The lowest BCUT2D eigenvalue weighted by atomic mass is 9.87. The van der Waals surface area contributed by atoms with Gasteiger partial charge in [0.15, 0.2) is 0 Å². The number of allylic oxidation sites excluding steroid dienone is 4. The summed E-state index contributed by atoms with van der Waals surface area (Å²) in [7, 11) is 1.84. The van der Waals surface area contributed by atoms with Crippen molar-refractivity contribution in [2.75, 3.05) is 12.4 Å². The van der Waals surface area contributed by atoms with E-state index in [-0.39, 0.29) is 0 Å². The number of phenolic OH excluding ortho intramolecular Hbond substituents is 1. The average molecular weight is 648 g/mol. The highest BCUT2D eigenvalue weighted by molar-refractivity contribution is 5.56. The molecule has 1 fully saturated rings. The average Bonchev–Trinajstić information content (AvgIpc) is 3.52. The van der Waals surface area contributed by atoms with Gasteiger partial charge in [-0.15, -0.1) is 13.2 Å². The van der Waals surface area contributed by atoms with Crippen molar-refractivity contribution in [2.24, 2.45) is 11.8 Å². The maximum Gasteiger partial charge on any atom is 0.138 e. The first kappa shape index (κ1) is 56.4. The molecule has 1 aromatic rings. The van der Waals surface area contributed by atoms with Crippen molar-refractivity contribution in [3.8, 4) is 5.75 Å². The van der Waals surface area contributed by atoms with Crippen LogP contribution in [0.5, 0.6) is 5.75 Å². The van der Waals surface area contributed by atoms with E-state index in [2.05, 4.69) is 80.8 Å². The smallest absolute Gasteiger partial charge is 0.138 e. The zero-order valence-electron chi connectivity index (χ0n) is 35.2. The SMILES string of the molecule is C=C(C)C.C=C(C)CCCC(C)C(CCc1ccc(O)c(NC)c1)=C(C)C.CC.CC.CC.CC1CCCC1.CCC.CCCC. The molecular weight excluding hydrogens is 558 g/mol. The molecule has 0 bridgehead atoms. The van der Waals surface area contributed by atoms with E-state index in [0.717, 1.165) is 30.9 Å². The fourth-order valence-electron chi connectivity index (χ4n) is 4.22. The van der Waals surface area contributed by atoms with Crippen molar-refractivity contribution in [1.29, 1.82) is 0 Å². The van der Waals surface area contributed by atoms with Crippen molar-refractivity contribution in [3.63, 3.8) is 0 Å². The van der Waals surface area contributed by atoms with Crippen LogP contribution in [0.2, 0.25) is 0 Å². The number of rotatable bonds is 10. The maximum absolute atomic E-state index is 9.75. The van der Waals surface area contributed by atoms with Crippen LogP contribution in [0.25, 0.3) is 0 Å². The van der Waals surface area contributed by atoms with Gasteiger partial charge < -0.3 is 10.4 Å². The number of aromatic hydroxyl groups is 1. The van der Waals surface area contributed by atoms with Gasteiger partial charge in [0.25, 0.3) is 0 Å². The monoisotopic (exact) mass is 648 g/mol. The van der Waals surface area contributed by atoms with E-state index in [1.165, 1.54) is 80.1 Å². The molecule has 0 heterocycles. The Kier molecular flexibility index (Phi) is 55.4. The van der Waals surface area contributed by atoms with Gasteiger partial charge >= 0.3 is 0 Å². The van der Waals surface area contributed by atoms with Gasteiger partial charge in [-0.05, 0) is 96.3 Å². The molecule has 2 heteroatoms. The van der Waals surface area contributed by atoms with E-state index in [1.807, 2.05) is 74.6 Å². The van der Waals surface area contributed by atoms with E-state index in [1.54, 1.807) is 11.6 Å². The van der Waals surface area contributed by atoms with Crippen LogP contribution < -0.4 is 5.32 Å². The first-order valence-corrected chi connectivity index (χ1v) is 19.2. The summed E-state index contributed by atoms with van der Waals surface area (Å²) in [6, 6.07) is 5.84. The zero-order valence-corrected chi connectivity index (χ0v) is 35.2. The number of anilines is 1. The van der Waals surface area contributed by atoms with Crippen molar-refractivity contribution >= 4 is 5.69 Å². The van der Waals surface area contributed by atoms with E-state index >= 15 is 0 Å². The Balaban J connectivity index is -0.000000141. The summed E-state index contributed by atoms with van der Waals surface area (Å²) in [4.78, 5) is 0. The number of unbranched alkanes of at least 4 members (excludes halogenated alkanes) is 1. The van der Waals surface area contributed by atoms with E-state index < -0.39 is 0 Å². The maximum atomic E-state index is 9.75.